The van der Waals surface area contributed by atoms with Crippen LogP contribution in [0.5, 0.6) is 0 Å². The molecular formula is C29H45NO7S. The monoisotopic (exact) mass is 551 g/mol. The summed E-state index contributed by atoms with van der Waals surface area (Å²) in [4.78, 5) is 37.7. The molecule has 4 fully saturated rings. The number of thioether (sulfide) groups is 1. The van der Waals surface area contributed by atoms with Gasteiger partial charge in [0.1, 0.15) is 11.9 Å². The molecule has 8 nitrogen and oxygen atoms in total. The van der Waals surface area contributed by atoms with E-state index >= 15 is 0 Å². The molecule has 214 valence electrons. The van der Waals surface area contributed by atoms with Crippen molar-refractivity contribution in [1.29, 1.82) is 0 Å². The van der Waals surface area contributed by atoms with Crippen molar-refractivity contribution in [1.82, 2.24) is 5.06 Å². The molecule has 4 aliphatic rings. The molecule has 1 amide bonds. The van der Waals surface area contributed by atoms with Gasteiger partial charge in [-0.1, -0.05) is 33.8 Å². The third kappa shape index (κ3) is 4.75. The van der Waals surface area contributed by atoms with E-state index in [9.17, 15) is 29.8 Å². The molecule has 38 heavy (non-hydrogen) atoms. The zero-order valence-corrected chi connectivity index (χ0v) is 24.0. The minimum atomic E-state index is -0.754. The highest BCUT2D eigenvalue weighted by atomic mass is 32.2. The number of rotatable bonds is 7. The lowest BCUT2D eigenvalue weighted by molar-refractivity contribution is -0.205. The number of amides is 1. The normalized spacial score (nSPS) is 46.9. The van der Waals surface area contributed by atoms with Gasteiger partial charge >= 0.3 is 5.97 Å². The second-order valence-electron chi connectivity index (χ2n) is 12.9. The van der Waals surface area contributed by atoms with Crippen LogP contribution >= 0.6 is 11.8 Å². The highest BCUT2D eigenvalue weighted by molar-refractivity contribution is 8.00. The number of carbonyl (C=O) groups is 3. The molecule has 4 saturated carbocycles. The number of hydrogen-bond acceptors (Lipinski definition) is 8. The van der Waals surface area contributed by atoms with Crippen molar-refractivity contribution in [3.05, 3.63) is 12.7 Å². The number of hydroxylamine groups is 2. The van der Waals surface area contributed by atoms with Crippen LogP contribution < -0.4 is 0 Å². The molecule has 3 N–H and O–H groups in total. The number of aliphatic hydroxyl groups excluding tert-OH is 2. The molecule has 0 saturated heterocycles. The van der Waals surface area contributed by atoms with Crippen LogP contribution in [0.2, 0.25) is 0 Å². The molecular weight excluding hydrogens is 506 g/mol. The van der Waals surface area contributed by atoms with Crippen LogP contribution in [0.15, 0.2) is 12.7 Å². The summed E-state index contributed by atoms with van der Waals surface area (Å²) >= 11 is 1.33. The van der Waals surface area contributed by atoms with E-state index in [0.717, 1.165) is 19.3 Å². The number of hydrogen-bond donors (Lipinski definition) is 3. The Bertz CT molecular complexity index is 946. The summed E-state index contributed by atoms with van der Waals surface area (Å²) in [5.41, 5.74) is -1.54. The minimum absolute atomic E-state index is 0.0530. The van der Waals surface area contributed by atoms with Crippen LogP contribution in [0.1, 0.15) is 79.1 Å². The third-order valence-electron chi connectivity index (χ3n) is 11.2. The van der Waals surface area contributed by atoms with E-state index in [4.69, 9.17) is 4.74 Å². The van der Waals surface area contributed by atoms with Crippen molar-refractivity contribution >= 4 is 29.9 Å². The van der Waals surface area contributed by atoms with Gasteiger partial charge in [-0.25, -0.2) is 5.06 Å². The van der Waals surface area contributed by atoms with Gasteiger partial charge in [0.2, 0.25) is 6.41 Å². The van der Waals surface area contributed by atoms with E-state index in [1.807, 2.05) is 6.92 Å². The first kappa shape index (κ1) is 29.6. The van der Waals surface area contributed by atoms with Gasteiger partial charge in [-0.15, -0.1) is 18.3 Å². The first-order chi connectivity index (χ1) is 17.8. The highest BCUT2D eigenvalue weighted by Crippen LogP contribution is 2.68. The van der Waals surface area contributed by atoms with E-state index in [1.54, 1.807) is 6.08 Å². The highest BCUT2D eigenvalue weighted by Gasteiger charge is 2.68. The fourth-order valence-corrected chi connectivity index (χ4v) is 9.54. The number of esters is 1. The Morgan fingerprint density at radius 3 is 2.55 bits per heavy atom. The molecule has 0 aliphatic heterocycles. The second-order valence-corrected chi connectivity index (χ2v) is 14.2. The van der Waals surface area contributed by atoms with Crippen LogP contribution in [0.25, 0.3) is 0 Å². The largest absolute Gasteiger partial charge is 0.461 e. The molecule has 0 aromatic heterocycles. The van der Waals surface area contributed by atoms with Gasteiger partial charge in [-0.3, -0.25) is 19.6 Å². The minimum Gasteiger partial charge on any atom is -0.461 e. The van der Waals surface area contributed by atoms with Crippen LogP contribution in [0, 0.1) is 34.0 Å². The summed E-state index contributed by atoms with van der Waals surface area (Å²) in [7, 11) is 0. The predicted molar refractivity (Wildman–Crippen MR) is 144 cm³/mol. The molecule has 4 aliphatic carbocycles. The van der Waals surface area contributed by atoms with Gasteiger partial charge in [0.15, 0.2) is 0 Å². The van der Waals surface area contributed by atoms with Crippen molar-refractivity contribution in [2.45, 2.75) is 109 Å². The quantitative estimate of drug-likeness (QED) is 0.144. The van der Waals surface area contributed by atoms with E-state index in [2.05, 4.69) is 27.4 Å². The maximum Gasteiger partial charge on any atom is 0.316 e. The molecule has 9 heteroatoms. The molecule has 0 aromatic carbocycles. The summed E-state index contributed by atoms with van der Waals surface area (Å²) in [6.45, 7) is 12.4. The smallest absolute Gasteiger partial charge is 0.316 e. The molecule has 2 bridgehead atoms. The van der Waals surface area contributed by atoms with E-state index < -0.39 is 41.2 Å². The average Bonchev–Trinajstić information content (AvgIpc) is 3.25. The van der Waals surface area contributed by atoms with Gasteiger partial charge in [0, 0.05) is 28.4 Å². The van der Waals surface area contributed by atoms with Crippen molar-refractivity contribution < 1.29 is 34.5 Å². The fourth-order valence-electron chi connectivity index (χ4n) is 8.49. The number of nitrogens with zero attached hydrogens (tertiary/aromatic N) is 1. The van der Waals surface area contributed by atoms with E-state index in [-0.39, 0.29) is 46.4 Å². The molecule has 0 unspecified atom stereocenters. The van der Waals surface area contributed by atoms with Crippen LogP contribution in [-0.4, -0.2) is 74.0 Å². The van der Waals surface area contributed by atoms with Gasteiger partial charge in [-0.05, 0) is 62.2 Å². The first-order valence-corrected chi connectivity index (χ1v) is 15.1. The molecule has 0 aromatic rings. The summed E-state index contributed by atoms with van der Waals surface area (Å²) in [6, 6.07) is -0.427. The molecule has 11 atom stereocenters. The van der Waals surface area contributed by atoms with E-state index in [1.165, 1.54) is 11.8 Å². The summed E-state index contributed by atoms with van der Waals surface area (Å²) < 4.78 is 6.28. The number of aliphatic hydroxyl groups is 2. The zero-order chi connectivity index (χ0) is 28.0. The predicted octanol–water partition coefficient (Wildman–Crippen LogP) is 3.76. The van der Waals surface area contributed by atoms with E-state index in [0.29, 0.717) is 37.2 Å². The van der Waals surface area contributed by atoms with Gasteiger partial charge in [0.25, 0.3) is 0 Å². The summed E-state index contributed by atoms with van der Waals surface area (Å²) in [5, 5.41) is 32.2. The molecule has 0 heterocycles. The van der Waals surface area contributed by atoms with Crippen LogP contribution in [0.3, 0.4) is 0 Å². The SMILES string of the molecule is C=C[C@]1(C)C[C@@H](OC(=O)CS[C@@H]2CC[C@@H](N(O)C=O)C[C@H]2O)[C@]2(C)[C@H](C)CC[C@]3(CCC(=O)[C@H]32)[C@@H](C)[C@@H]1O. The van der Waals surface area contributed by atoms with Crippen molar-refractivity contribution in [3.8, 4) is 0 Å². The Morgan fingerprint density at radius 1 is 1.21 bits per heavy atom. The Balaban J connectivity index is 1.55. The van der Waals surface area contributed by atoms with Crippen molar-refractivity contribution in [2.24, 2.45) is 34.0 Å². The number of carbonyl (C=O) groups excluding carboxylic acids is 3. The summed E-state index contributed by atoms with van der Waals surface area (Å²) in [5.74, 6) is -0.288. The van der Waals surface area contributed by atoms with Crippen molar-refractivity contribution in [3.63, 3.8) is 0 Å². The fraction of sp³-hybridized carbons (Fsp3) is 0.828. The maximum atomic E-state index is 13.5. The maximum absolute atomic E-state index is 13.5. The standard InChI is InChI=1S/C29H45NO7S/c1-6-27(4)14-23(37-24(34)15-38-22-8-7-19(13-21(22)33)30(36)16-31)28(5)17(2)9-11-29(18(3)26(27)35)12-10-20(32)25(28)29/h6,16-19,21-23,25-26,33,35-36H,1,7-15H2,2-5H3/t17-,18+,19-,21-,22-,23-,25+,26+,27-,28+,29+/m1/s1. The molecule has 0 radical (unpaired) electrons. The number of ketones is 1. The second kappa shape index (κ2) is 10.9. The average molecular weight is 552 g/mol. The lowest BCUT2D eigenvalue weighted by Crippen LogP contribution is -2.63. The lowest BCUT2D eigenvalue weighted by atomic mass is 9.44. The molecule has 4 rings (SSSR count). The Morgan fingerprint density at radius 2 is 1.92 bits per heavy atom. The summed E-state index contributed by atoms with van der Waals surface area (Å²) in [6.07, 6.45) is 4.94. The lowest BCUT2D eigenvalue weighted by Gasteiger charge is -2.61. The zero-order valence-electron chi connectivity index (χ0n) is 23.2. The van der Waals surface area contributed by atoms with Crippen molar-refractivity contribution in [2.75, 3.05) is 5.75 Å². The van der Waals surface area contributed by atoms with Gasteiger partial charge in [0.05, 0.1) is 24.0 Å². The topological polar surface area (TPSA) is 124 Å². The Labute approximate surface area is 230 Å². The Hall–Kier alpha value is -1.42. The number of Topliss-reactive ketones (excluding diaryl/α,β-unsaturated/α-hetero) is 1. The Kier molecular flexibility index (Phi) is 8.45. The van der Waals surface area contributed by atoms with Crippen LogP contribution in [-0.2, 0) is 19.1 Å². The van der Waals surface area contributed by atoms with Gasteiger partial charge in [-0.2, -0.15) is 0 Å². The van der Waals surface area contributed by atoms with Crippen LogP contribution in [0.4, 0.5) is 0 Å². The third-order valence-corrected chi connectivity index (χ3v) is 12.6. The number of ether oxygens (including phenoxy) is 1. The first-order valence-electron chi connectivity index (χ1n) is 14.1. The van der Waals surface area contributed by atoms with Gasteiger partial charge < -0.3 is 14.9 Å². The molecule has 0 spiro atoms.